The molecule has 0 unspecified atom stereocenters. The Balaban J connectivity index is 2.20. The number of pyridine rings is 2. The van der Waals surface area contributed by atoms with E-state index in [1.165, 1.54) is 34.7 Å². The number of aryl methyl sites for hydroxylation is 2. The van der Waals surface area contributed by atoms with Crippen molar-refractivity contribution in [2.24, 2.45) is 19.2 Å². The Kier molecular flexibility index (Phi) is 9.20. The zero-order valence-corrected chi connectivity index (χ0v) is 22.3. The second kappa shape index (κ2) is 12.5. The number of hydrazone groups is 1. The van der Waals surface area contributed by atoms with Crippen LogP contribution in [0.15, 0.2) is 64.7 Å². The van der Waals surface area contributed by atoms with Gasteiger partial charge in [-0.05, 0) is 37.1 Å². The predicted molar refractivity (Wildman–Crippen MR) is 145 cm³/mol. The van der Waals surface area contributed by atoms with E-state index in [0.29, 0.717) is 28.9 Å². The Hall–Kier alpha value is -4.94. The molecule has 0 atom stereocenters. The van der Waals surface area contributed by atoms with Gasteiger partial charge in [0.15, 0.2) is 11.6 Å². The number of esters is 1. The van der Waals surface area contributed by atoms with Crippen molar-refractivity contribution in [1.29, 1.82) is 0 Å². The van der Waals surface area contributed by atoms with Crippen molar-refractivity contribution in [3.05, 3.63) is 70.7 Å². The zero-order valence-electron chi connectivity index (χ0n) is 22.3. The van der Waals surface area contributed by atoms with Crippen molar-refractivity contribution >= 4 is 35.4 Å². The predicted octanol–water partition coefficient (Wildman–Crippen LogP) is 3.54. The Morgan fingerprint density at radius 3 is 2.67 bits per heavy atom. The Morgan fingerprint density at radius 1 is 1.31 bits per heavy atom. The molecular weight excluding hydrogens is 507 g/mol. The molecule has 12 nitrogen and oxygen atoms in total. The van der Waals surface area contributed by atoms with Crippen molar-refractivity contribution in [2.75, 3.05) is 10.3 Å². The lowest BCUT2D eigenvalue weighted by atomic mass is 10.0. The molecule has 3 rings (SSSR count). The van der Waals surface area contributed by atoms with E-state index in [1.807, 2.05) is 0 Å². The number of anilines is 3. The van der Waals surface area contributed by atoms with Crippen LogP contribution in [0.25, 0.3) is 11.1 Å². The molecule has 0 bridgehead atoms. The number of halogens is 1. The summed E-state index contributed by atoms with van der Waals surface area (Å²) in [6.45, 7) is 7.84. The van der Waals surface area contributed by atoms with Gasteiger partial charge in [0.05, 0.1) is 11.8 Å². The molecule has 0 saturated heterocycles. The molecule has 13 heteroatoms. The second-order valence-corrected chi connectivity index (χ2v) is 8.33. The van der Waals surface area contributed by atoms with Crippen molar-refractivity contribution in [3.63, 3.8) is 0 Å². The van der Waals surface area contributed by atoms with Gasteiger partial charge in [0.2, 0.25) is 0 Å². The van der Waals surface area contributed by atoms with Gasteiger partial charge in [-0.25, -0.2) is 9.37 Å². The monoisotopic (exact) mass is 536 g/mol. The number of hydrogen-bond acceptors (Lipinski definition) is 9. The molecule has 0 aromatic carbocycles. The van der Waals surface area contributed by atoms with Crippen LogP contribution >= 0.6 is 0 Å². The maximum absolute atomic E-state index is 14.5. The molecule has 1 N–H and O–H groups in total. The number of allylic oxidation sites excluding steroid dienone is 1. The fourth-order valence-corrected chi connectivity index (χ4v) is 3.59. The van der Waals surface area contributed by atoms with Crippen LogP contribution < -0.4 is 15.9 Å². The molecule has 1 amide bonds. The van der Waals surface area contributed by atoms with Gasteiger partial charge in [-0.2, -0.15) is 10.1 Å². The van der Waals surface area contributed by atoms with Gasteiger partial charge >= 0.3 is 5.97 Å². The van der Waals surface area contributed by atoms with Crippen LogP contribution in [0.4, 0.5) is 21.7 Å². The lowest BCUT2D eigenvalue weighted by Gasteiger charge is -2.22. The zero-order chi connectivity index (χ0) is 28.7. The molecule has 0 aliphatic rings. The number of carbonyl (C=O) groups is 2. The summed E-state index contributed by atoms with van der Waals surface area (Å²) in [5.41, 5.74) is 0.763. The quantitative estimate of drug-likeness (QED) is 0.137. The van der Waals surface area contributed by atoms with Gasteiger partial charge in [0.1, 0.15) is 18.1 Å². The Bertz CT molecular complexity index is 1520. The minimum Gasteiger partial charge on any atom is -0.461 e. The molecule has 3 aromatic rings. The van der Waals surface area contributed by atoms with Crippen LogP contribution in [0.5, 0.6) is 0 Å². The molecule has 39 heavy (non-hydrogen) atoms. The summed E-state index contributed by atoms with van der Waals surface area (Å²) >= 11 is 0. The van der Waals surface area contributed by atoms with Gasteiger partial charge in [-0.3, -0.25) is 19.1 Å². The molecule has 0 radical (unpaired) electrons. The number of ether oxygens (including phenoxy) is 1. The lowest BCUT2D eigenvalue weighted by Crippen LogP contribution is -2.29. The average Bonchev–Trinajstić information content (AvgIpc) is 3.32. The number of nitrogens with one attached hydrogen (secondary N) is 1. The number of aromatic nitrogens is 5. The first kappa shape index (κ1) is 28.6. The highest BCUT2D eigenvalue weighted by molar-refractivity contribution is 6.08. The normalized spacial score (nSPS) is 11.5. The first-order chi connectivity index (χ1) is 18.6. The molecule has 0 saturated carbocycles. The molecule has 0 spiro atoms. The van der Waals surface area contributed by atoms with Gasteiger partial charge in [-0.1, -0.05) is 18.7 Å². The molecule has 0 aliphatic carbocycles. The average molecular weight is 537 g/mol. The largest absolute Gasteiger partial charge is 0.461 e. The van der Waals surface area contributed by atoms with Crippen LogP contribution in [0.2, 0.25) is 0 Å². The minimum absolute atomic E-state index is 0.000383. The minimum atomic E-state index is -0.852. The van der Waals surface area contributed by atoms with Crippen LogP contribution in [-0.4, -0.2) is 42.6 Å². The van der Waals surface area contributed by atoms with Crippen molar-refractivity contribution in [2.45, 2.75) is 33.8 Å². The summed E-state index contributed by atoms with van der Waals surface area (Å²) in [5, 5.41) is 15.8. The standard InChI is InChI=1S/C26H29FN8O4/c1-7-9-21(27)16(3)25(37)35(29-8-2)24-20(15-39-17(4)36)19(10-11-28-24)18-12-22(26(38)33(5)13-18)30-23-14-34(6)32-31-23/h8-14,30H,3,7,15H2,1-2,4-6H3/b21-9+,29-8-. The fraction of sp³-hybridized carbons (Fsp3) is 0.269. The molecule has 0 aliphatic heterocycles. The smallest absolute Gasteiger partial charge is 0.302 e. The fourth-order valence-electron chi connectivity index (χ4n) is 3.59. The number of hydrogen-bond donors (Lipinski definition) is 1. The van der Waals surface area contributed by atoms with Crippen LogP contribution in [0, 0.1) is 0 Å². The number of nitrogens with zero attached hydrogens (tertiary/aromatic N) is 7. The lowest BCUT2D eigenvalue weighted by molar-refractivity contribution is -0.142. The van der Waals surface area contributed by atoms with E-state index >= 15 is 0 Å². The van der Waals surface area contributed by atoms with Gasteiger partial charge in [0.25, 0.3) is 11.5 Å². The topological polar surface area (TPSA) is 137 Å². The van der Waals surface area contributed by atoms with Gasteiger partial charge in [-0.15, -0.1) is 5.10 Å². The molecule has 204 valence electrons. The van der Waals surface area contributed by atoms with E-state index < -0.39 is 23.3 Å². The summed E-state index contributed by atoms with van der Waals surface area (Å²) in [6.07, 6.45) is 7.54. The summed E-state index contributed by atoms with van der Waals surface area (Å²) in [6, 6.07) is 3.23. The third kappa shape index (κ3) is 6.69. The Labute approximate surface area is 224 Å². The highest BCUT2D eigenvalue weighted by atomic mass is 19.1. The van der Waals surface area contributed by atoms with Crippen LogP contribution in [-0.2, 0) is 35.0 Å². The van der Waals surface area contributed by atoms with Crippen molar-refractivity contribution in [1.82, 2.24) is 24.5 Å². The first-order valence-corrected chi connectivity index (χ1v) is 11.9. The van der Waals surface area contributed by atoms with Gasteiger partial charge in [0, 0.05) is 50.8 Å². The number of carbonyl (C=O) groups excluding carboxylic acids is 2. The SMILES string of the molecule is C=C(C(=O)N(/N=C\C)c1nccc(-c2cc(Nc3cn(C)nn3)c(=O)n(C)c2)c1COC(C)=O)/C(F)=C\CC. The number of rotatable bonds is 10. The summed E-state index contributed by atoms with van der Waals surface area (Å²) in [4.78, 5) is 42.2. The van der Waals surface area contributed by atoms with Crippen LogP contribution in [0.3, 0.4) is 0 Å². The van der Waals surface area contributed by atoms with E-state index in [9.17, 15) is 18.8 Å². The maximum Gasteiger partial charge on any atom is 0.302 e. The van der Waals surface area contributed by atoms with E-state index in [0.717, 1.165) is 5.01 Å². The molecular formula is C26H29FN8O4. The second-order valence-electron chi connectivity index (χ2n) is 8.33. The first-order valence-electron chi connectivity index (χ1n) is 11.9. The third-order valence-corrected chi connectivity index (χ3v) is 5.37. The third-order valence-electron chi connectivity index (χ3n) is 5.37. The maximum atomic E-state index is 14.5. The van der Waals surface area contributed by atoms with E-state index in [-0.39, 0.29) is 23.7 Å². The van der Waals surface area contributed by atoms with E-state index in [2.05, 4.69) is 32.3 Å². The van der Waals surface area contributed by atoms with Crippen molar-refractivity contribution < 1.29 is 18.7 Å². The highest BCUT2D eigenvalue weighted by Crippen LogP contribution is 2.33. The summed E-state index contributed by atoms with van der Waals surface area (Å²) < 4.78 is 22.6. The molecule has 3 heterocycles. The molecule has 3 aromatic heterocycles. The van der Waals surface area contributed by atoms with E-state index in [4.69, 9.17) is 4.74 Å². The number of amides is 1. The van der Waals surface area contributed by atoms with E-state index in [1.54, 1.807) is 52.5 Å². The highest BCUT2D eigenvalue weighted by Gasteiger charge is 2.27. The van der Waals surface area contributed by atoms with Crippen LogP contribution in [0.1, 0.15) is 32.8 Å². The molecule has 0 fully saturated rings. The summed E-state index contributed by atoms with van der Waals surface area (Å²) in [5.74, 6) is -1.85. The van der Waals surface area contributed by atoms with Crippen molar-refractivity contribution in [3.8, 4) is 11.1 Å². The Morgan fingerprint density at radius 2 is 2.05 bits per heavy atom. The van der Waals surface area contributed by atoms with Gasteiger partial charge < -0.3 is 14.6 Å². The summed E-state index contributed by atoms with van der Waals surface area (Å²) in [7, 11) is 3.27.